The van der Waals surface area contributed by atoms with Crippen LogP contribution in [0.4, 0.5) is 0 Å². The normalized spacial score (nSPS) is 51.1. The molecule has 2 bridgehead atoms. The van der Waals surface area contributed by atoms with E-state index in [1.54, 1.807) is 0 Å². The summed E-state index contributed by atoms with van der Waals surface area (Å²) in [6.07, 6.45) is 4.45. The van der Waals surface area contributed by atoms with E-state index in [-0.39, 0.29) is 14.3 Å². The minimum Gasteiger partial charge on any atom is -0.228 e. The maximum Gasteiger partial charge on any atom is 0.159 e. The Morgan fingerprint density at radius 3 is 2.00 bits per heavy atom. The summed E-state index contributed by atoms with van der Waals surface area (Å²) >= 11 is 3.56. The highest BCUT2D eigenvalue weighted by atomic mass is 79.9. The number of alkyl halides is 1. The topological polar surface area (TPSA) is 34.1 Å². The maximum absolute atomic E-state index is 11.9. The van der Waals surface area contributed by atoms with Gasteiger partial charge < -0.3 is 0 Å². The Bertz CT molecular complexity index is 322. The molecule has 4 aliphatic carbocycles. The van der Waals surface area contributed by atoms with Crippen molar-refractivity contribution in [3.8, 4) is 0 Å². The van der Waals surface area contributed by atoms with Crippen LogP contribution >= 0.6 is 15.9 Å². The molecule has 0 unspecified atom stereocenters. The molecule has 4 aliphatic rings. The molecule has 0 spiro atoms. The quantitative estimate of drug-likeness (QED) is 0.699. The third-order valence-corrected chi connectivity index (χ3v) is 7.31. The van der Waals surface area contributed by atoms with Gasteiger partial charge in [0.2, 0.25) is 0 Å². The first-order valence-corrected chi connectivity index (χ1v) is 6.74. The van der Waals surface area contributed by atoms with Gasteiger partial charge in [0.1, 0.15) is 0 Å². The zero-order valence-corrected chi connectivity index (χ0v) is 9.12. The highest BCUT2D eigenvalue weighted by Gasteiger charge is 2.74. The number of halogens is 1. The lowest BCUT2D eigenvalue weighted by molar-refractivity contribution is 0.0933. The SMILES string of the molecule is O=S(=O)(C1CC1)C12CC(Br)(C1)C2. The van der Waals surface area contributed by atoms with Gasteiger partial charge in [0.25, 0.3) is 0 Å². The Morgan fingerprint density at radius 1 is 1.17 bits per heavy atom. The fraction of sp³-hybridized carbons (Fsp3) is 1.00. The summed E-state index contributed by atoms with van der Waals surface area (Å²) in [5.41, 5.74) is 0. The zero-order chi connectivity index (χ0) is 8.61. The molecule has 0 aromatic rings. The number of hydrogen-bond acceptors (Lipinski definition) is 2. The van der Waals surface area contributed by atoms with E-state index < -0.39 is 9.84 Å². The standard InChI is InChI=1S/C8H11BrO2S/c9-7-3-8(4-7,5-7)12(10,11)6-1-2-6/h6H,1-5H2. The van der Waals surface area contributed by atoms with Gasteiger partial charge in [-0.05, 0) is 32.1 Å². The molecule has 0 heterocycles. The summed E-state index contributed by atoms with van der Waals surface area (Å²) in [6, 6.07) is 0. The smallest absolute Gasteiger partial charge is 0.159 e. The lowest BCUT2D eigenvalue weighted by Gasteiger charge is -2.66. The van der Waals surface area contributed by atoms with Crippen LogP contribution in [0.25, 0.3) is 0 Å². The summed E-state index contributed by atoms with van der Waals surface area (Å²) in [6.45, 7) is 0. The third-order valence-electron chi connectivity index (χ3n) is 3.48. The molecule has 4 saturated carbocycles. The van der Waals surface area contributed by atoms with Gasteiger partial charge in [0.05, 0.1) is 10.00 Å². The van der Waals surface area contributed by atoms with E-state index >= 15 is 0 Å². The fourth-order valence-corrected chi connectivity index (χ4v) is 7.67. The average Bonchev–Trinajstić information content (AvgIpc) is 2.57. The van der Waals surface area contributed by atoms with E-state index in [0.717, 1.165) is 32.1 Å². The van der Waals surface area contributed by atoms with Crippen LogP contribution in [0.5, 0.6) is 0 Å². The van der Waals surface area contributed by atoms with Crippen LogP contribution in [0.1, 0.15) is 32.1 Å². The maximum atomic E-state index is 11.9. The van der Waals surface area contributed by atoms with E-state index in [1.807, 2.05) is 0 Å². The Balaban J connectivity index is 1.91. The molecule has 12 heavy (non-hydrogen) atoms. The molecule has 68 valence electrons. The molecule has 0 aliphatic heterocycles. The molecule has 0 saturated heterocycles. The van der Waals surface area contributed by atoms with E-state index in [2.05, 4.69) is 15.9 Å². The molecule has 0 radical (unpaired) electrons. The molecular formula is C8H11BrO2S. The number of sulfone groups is 1. The molecule has 0 amide bonds. The van der Waals surface area contributed by atoms with Crippen molar-refractivity contribution in [1.29, 1.82) is 0 Å². The lowest BCUT2D eigenvalue weighted by atomic mass is 9.55. The van der Waals surface area contributed by atoms with Crippen molar-refractivity contribution < 1.29 is 8.42 Å². The van der Waals surface area contributed by atoms with E-state index in [0.29, 0.717) is 0 Å². The van der Waals surface area contributed by atoms with Gasteiger partial charge in [-0.3, -0.25) is 0 Å². The van der Waals surface area contributed by atoms with E-state index in [4.69, 9.17) is 0 Å². The summed E-state index contributed by atoms with van der Waals surface area (Å²) in [7, 11) is -2.73. The summed E-state index contributed by atoms with van der Waals surface area (Å²) < 4.78 is 23.7. The average molecular weight is 251 g/mol. The van der Waals surface area contributed by atoms with Gasteiger partial charge >= 0.3 is 0 Å². The zero-order valence-electron chi connectivity index (χ0n) is 6.72. The van der Waals surface area contributed by atoms with Crippen molar-refractivity contribution in [2.45, 2.75) is 46.4 Å². The lowest BCUT2D eigenvalue weighted by Crippen LogP contribution is -2.72. The van der Waals surface area contributed by atoms with E-state index in [9.17, 15) is 8.42 Å². The Morgan fingerprint density at radius 2 is 1.67 bits per heavy atom. The molecule has 4 fully saturated rings. The van der Waals surface area contributed by atoms with Crippen molar-refractivity contribution in [3.05, 3.63) is 0 Å². The van der Waals surface area contributed by atoms with Gasteiger partial charge in [-0.1, -0.05) is 15.9 Å². The van der Waals surface area contributed by atoms with Crippen molar-refractivity contribution in [2.24, 2.45) is 0 Å². The monoisotopic (exact) mass is 250 g/mol. The van der Waals surface area contributed by atoms with Crippen molar-refractivity contribution in [2.75, 3.05) is 0 Å². The van der Waals surface area contributed by atoms with Gasteiger partial charge in [0, 0.05) is 4.32 Å². The summed E-state index contributed by atoms with van der Waals surface area (Å²) in [4.78, 5) is 0. The number of hydrogen-bond donors (Lipinski definition) is 0. The van der Waals surface area contributed by atoms with Crippen LogP contribution in [-0.2, 0) is 9.84 Å². The predicted molar refractivity (Wildman–Crippen MR) is 50.2 cm³/mol. The van der Waals surface area contributed by atoms with Crippen LogP contribution in [0.15, 0.2) is 0 Å². The molecule has 4 heteroatoms. The first-order chi connectivity index (χ1) is 5.48. The second-order valence-corrected chi connectivity index (χ2v) is 8.91. The van der Waals surface area contributed by atoms with Crippen LogP contribution in [0, 0.1) is 0 Å². The predicted octanol–water partition coefficient (Wildman–Crippen LogP) is 1.63. The highest BCUT2D eigenvalue weighted by Crippen LogP contribution is 2.70. The minimum absolute atomic E-state index is 0.0369. The Hall–Kier alpha value is 0.430. The second kappa shape index (κ2) is 1.78. The van der Waals surface area contributed by atoms with Crippen molar-refractivity contribution in [1.82, 2.24) is 0 Å². The van der Waals surface area contributed by atoms with Crippen LogP contribution < -0.4 is 0 Å². The van der Waals surface area contributed by atoms with Crippen LogP contribution in [0.2, 0.25) is 0 Å². The third kappa shape index (κ3) is 0.699. The molecule has 0 atom stereocenters. The molecule has 4 rings (SSSR count). The second-order valence-electron chi connectivity index (χ2n) is 4.61. The fourth-order valence-electron chi connectivity index (χ4n) is 2.61. The Kier molecular flexibility index (Phi) is 1.16. The van der Waals surface area contributed by atoms with Crippen molar-refractivity contribution in [3.63, 3.8) is 0 Å². The molecule has 0 aromatic carbocycles. The van der Waals surface area contributed by atoms with E-state index in [1.165, 1.54) is 0 Å². The molecular weight excluding hydrogens is 240 g/mol. The number of rotatable bonds is 2. The molecule has 2 nitrogen and oxygen atoms in total. The van der Waals surface area contributed by atoms with Crippen molar-refractivity contribution >= 4 is 25.8 Å². The molecule has 0 aromatic heterocycles. The van der Waals surface area contributed by atoms with Gasteiger partial charge in [0.15, 0.2) is 9.84 Å². The highest BCUT2D eigenvalue weighted by molar-refractivity contribution is 9.10. The van der Waals surface area contributed by atoms with Gasteiger partial charge in [-0.25, -0.2) is 8.42 Å². The summed E-state index contributed by atoms with van der Waals surface area (Å²) in [5.74, 6) is 0. The van der Waals surface area contributed by atoms with Crippen LogP contribution in [0.3, 0.4) is 0 Å². The summed E-state index contributed by atoms with van der Waals surface area (Å²) in [5, 5.41) is 0.0369. The van der Waals surface area contributed by atoms with Gasteiger partial charge in [-0.2, -0.15) is 0 Å². The minimum atomic E-state index is -2.73. The largest absolute Gasteiger partial charge is 0.228 e. The first-order valence-electron chi connectivity index (χ1n) is 4.40. The van der Waals surface area contributed by atoms with Crippen LogP contribution in [-0.4, -0.2) is 22.7 Å². The first kappa shape index (κ1) is 7.80. The van der Waals surface area contributed by atoms with Gasteiger partial charge in [-0.15, -0.1) is 0 Å². The molecule has 0 N–H and O–H groups in total. The Labute approximate surface area is 80.8 Å².